The Morgan fingerprint density at radius 3 is 2.26 bits per heavy atom. The molecular weight excluding hydrogens is 484 g/mol. The highest BCUT2D eigenvalue weighted by atomic mass is 35.5. The number of nitrogens with one attached hydrogen (secondary N) is 1. The predicted molar refractivity (Wildman–Crippen MR) is 132 cm³/mol. The Morgan fingerprint density at radius 2 is 1.74 bits per heavy atom. The number of carbonyl (C=O) groups excluding carboxylic acids is 3. The van der Waals surface area contributed by atoms with Crippen LogP contribution in [-0.4, -0.2) is 73.9 Å². The molecule has 0 radical (unpaired) electrons. The molecule has 13 heteroatoms. The Labute approximate surface area is 206 Å². The lowest BCUT2D eigenvalue weighted by Crippen LogP contribution is -2.52. The van der Waals surface area contributed by atoms with E-state index in [2.05, 4.69) is 9.71 Å². The van der Waals surface area contributed by atoms with Gasteiger partial charge in [-0.05, 0) is 37.3 Å². The quantitative estimate of drug-likeness (QED) is 0.252. The third-order valence-electron chi connectivity index (χ3n) is 5.24. The van der Waals surface area contributed by atoms with Crippen molar-refractivity contribution in [2.75, 3.05) is 20.6 Å². The largest absolute Gasteiger partial charge is 0.382 e. The monoisotopic (exact) mass is 516 g/mol. The van der Waals surface area contributed by atoms with E-state index in [1.807, 2.05) is 13.8 Å². The molecule has 1 aromatic rings. The summed E-state index contributed by atoms with van der Waals surface area (Å²) in [5.41, 5.74) is 12.2. The van der Waals surface area contributed by atoms with Crippen LogP contribution in [0.25, 0.3) is 0 Å². The number of likely N-dealkylation sites (tertiary alicyclic amines) is 1. The van der Waals surface area contributed by atoms with Crippen molar-refractivity contribution in [1.29, 1.82) is 0 Å². The van der Waals surface area contributed by atoms with Crippen LogP contribution in [-0.2, 0) is 19.8 Å². The topological polar surface area (TPSA) is 168 Å². The number of halogens is 1. The highest BCUT2D eigenvalue weighted by molar-refractivity contribution is 7.87. The Balaban J connectivity index is 0.00000578. The predicted octanol–water partition coefficient (Wildman–Crippen LogP) is 0.241. The van der Waals surface area contributed by atoms with Crippen molar-refractivity contribution < 1.29 is 22.8 Å². The van der Waals surface area contributed by atoms with Crippen LogP contribution in [0.1, 0.15) is 49.0 Å². The average molecular weight is 517 g/mol. The second kappa shape index (κ2) is 12.2. The number of imide groups is 1. The van der Waals surface area contributed by atoms with E-state index in [-0.39, 0.29) is 35.6 Å². The summed E-state index contributed by atoms with van der Waals surface area (Å²) in [4.78, 5) is 39.4. The third-order valence-corrected chi connectivity index (χ3v) is 6.59. The highest BCUT2D eigenvalue weighted by Gasteiger charge is 2.36. The van der Waals surface area contributed by atoms with Gasteiger partial charge in [0.25, 0.3) is 5.91 Å². The molecule has 11 nitrogen and oxygen atoms in total. The van der Waals surface area contributed by atoms with Crippen LogP contribution in [0.15, 0.2) is 28.7 Å². The van der Waals surface area contributed by atoms with Crippen molar-refractivity contribution in [2.24, 2.45) is 21.8 Å². The van der Waals surface area contributed by atoms with E-state index < -0.39 is 34.1 Å². The molecule has 2 atom stereocenters. The molecule has 1 aromatic carbocycles. The number of rotatable bonds is 8. The van der Waals surface area contributed by atoms with Crippen molar-refractivity contribution in [2.45, 2.75) is 45.2 Å². The standard InChI is InChI=1S/C21H32N6O5S.ClH/c1-13(2)12-16(22)21(30)27-11-5-6-17(27)20(29)24-19(28)15-9-7-14(8-10-15)18(23)25-33(31,32)26(3)4;/h7-10,13,16-17H,5-6,11-12,22H2,1-4H3,(H2,23,25)(H,24,28,29);1H/t16-,17+;/m1./s1. The molecule has 190 valence electrons. The molecular formula is C21H33ClN6O5S. The number of amidine groups is 1. The molecule has 1 saturated heterocycles. The highest BCUT2D eigenvalue weighted by Crippen LogP contribution is 2.20. The fraction of sp³-hybridized carbons (Fsp3) is 0.524. The normalized spacial score (nSPS) is 17.4. The van der Waals surface area contributed by atoms with Crippen LogP contribution in [0.2, 0.25) is 0 Å². The van der Waals surface area contributed by atoms with E-state index >= 15 is 0 Å². The molecule has 0 unspecified atom stereocenters. The summed E-state index contributed by atoms with van der Waals surface area (Å²) >= 11 is 0. The van der Waals surface area contributed by atoms with E-state index in [4.69, 9.17) is 11.5 Å². The molecule has 2 rings (SSSR count). The minimum absolute atomic E-state index is 0. The minimum atomic E-state index is -3.89. The SMILES string of the molecule is CC(C)C[C@@H](N)C(=O)N1CCC[C@H]1C(=O)NC(=O)c1ccc(C(N)=NS(=O)(=O)N(C)C)cc1.Cl. The number of carbonyl (C=O) groups is 3. The molecule has 1 heterocycles. The Kier molecular flexibility index (Phi) is 10.6. The van der Waals surface area contributed by atoms with E-state index in [1.165, 1.54) is 43.3 Å². The zero-order valence-electron chi connectivity index (χ0n) is 19.7. The maximum atomic E-state index is 12.7. The zero-order valence-corrected chi connectivity index (χ0v) is 21.4. The maximum absolute atomic E-state index is 12.7. The van der Waals surface area contributed by atoms with Gasteiger partial charge in [0.1, 0.15) is 11.9 Å². The summed E-state index contributed by atoms with van der Waals surface area (Å²) in [6, 6.07) is 4.22. The van der Waals surface area contributed by atoms with Gasteiger partial charge in [0.05, 0.1) is 6.04 Å². The molecule has 0 aliphatic carbocycles. The first-order valence-electron chi connectivity index (χ1n) is 10.6. The van der Waals surface area contributed by atoms with Gasteiger partial charge in [-0.2, -0.15) is 12.7 Å². The maximum Gasteiger partial charge on any atom is 0.323 e. The summed E-state index contributed by atoms with van der Waals surface area (Å²) in [5, 5.41) is 2.33. The smallest absolute Gasteiger partial charge is 0.323 e. The van der Waals surface area contributed by atoms with Crippen LogP contribution >= 0.6 is 12.4 Å². The fourth-order valence-electron chi connectivity index (χ4n) is 3.44. The van der Waals surface area contributed by atoms with E-state index in [0.29, 0.717) is 31.4 Å². The van der Waals surface area contributed by atoms with Crippen molar-refractivity contribution in [3.8, 4) is 0 Å². The number of nitrogens with two attached hydrogens (primary N) is 2. The van der Waals surface area contributed by atoms with E-state index in [0.717, 1.165) is 4.31 Å². The Hall–Kier alpha value is -2.54. The molecule has 1 aliphatic rings. The molecule has 5 N–H and O–H groups in total. The molecule has 0 spiro atoms. The second-order valence-corrected chi connectivity index (χ2v) is 10.4. The fourth-order valence-corrected chi connectivity index (χ4v) is 3.96. The van der Waals surface area contributed by atoms with Gasteiger partial charge in [0.15, 0.2) is 0 Å². The molecule has 1 fully saturated rings. The third kappa shape index (κ3) is 7.49. The van der Waals surface area contributed by atoms with Gasteiger partial charge >= 0.3 is 10.2 Å². The van der Waals surface area contributed by atoms with Gasteiger partial charge in [-0.3, -0.25) is 19.7 Å². The summed E-state index contributed by atoms with van der Waals surface area (Å²) in [6.45, 7) is 4.35. The Morgan fingerprint density at radius 1 is 1.18 bits per heavy atom. The summed E-state index contributed by atoms with van der Waals surface area (Å²) in [5.74, 6) is -1.49. The summed E-state index contributed by atoms with van der Waals surface area (Å²) in [6.07, 6.45) is 1.61. The molecule has 1 aliphatic heterocycles. The molecule has 3 amide bonds. The number of hydrogen-bond donors (Lipinski definition) is 3. The van der Waals surface area contributed by atoms with Crippen LogP contribution < -0.4 is 16.8 Å². The Bertz CT molecular complexity index is 1030. The first-order chi connectivity index (χ1) is 15.3. The van der Waals surface area contributed by atoms with E-state index in [9.17, 15) is 22.8 Å². The van der Waals surface area contributed by atoms with Crippen LogP contribution in [0.4, 0.5) is 0 Å². The first kappa shape index (κ1) is 29.5. The first-order valence-corrected chi connectivity index (χ1v) is 12.0. The number of benzene rings is 1. The molecule has 0 aromatic heterocycles. The molecule has 0 saturated carbocycles. The van der Waals surface area contributed by atoms with Gasteiger partial charge in [0.2, 0.25) is 11.8 Å². The van der Waals surface area contributed by atoms with Gasteiger partial charge in [-0.25, -0.2) is 0 Å². The summed E-state index contributed by atoms with van der Waals surface area (Å²) < 4.78 is 28.1. The lowest BCUT2D eigenvalue weighted by Gasteiger charge is -2.27. The number of hydrogen-bond acceptors (Lipinski definition) is 6. The van der Waals surface area contributed by atoms with Crippen LogP contribution in [0, 0.1) is 5.92 Å². The van der Waals surface area contributed by atoms with Crippen molar-refractivity contribution >= 4 is 46.2 Å². The minimum Gasteiger partial charge on any atom is -0.382 e. The average Bonchev–Trinajstić information content (AvgIpc) is 3.22. The second-order valence-electron chi connectivity index (χ2n) is 8.56. The molecule has 34 heavy (non-hydrogen) atoms. The van der Waals surface area contributed by atoms with Gasteiger partial charge in [-0.1, -0.05) is 26.0 Å². The van der Waals surface area contributed by atoms with E-state index in [1.54, 1.807) is 0 Å². The van der Waals surface area contributed by atoms with Crippen LogP contribution in [0.3, 0.4) is 0 Å². The van der Waals surface area contributed by atoms with Crippen molar-refractivity contribution in [3.63, 3.8) is 0 Å². The number of amides is 3. The lowest BCUT2D eigenvalue weighted by molar-refractivity contribution is -0.139. The molecule has 0 bridgehead atoms. The van der Waals surface area contributed by atoms with Crippen molar-refractivity contribution in [1.82, 2.24) is 14.5 Å². The number of nitrogens with zero attached hydrogens (tertiary/aromatic N) is 3. The zero-order chi connectivity index (χ0) is 24.9. The van der Waals surface area contributed by atoms with Gasteiger partial charge < -0.3 is 16.4 Å². The summed E-state index contributed by atoms with van der Waals surface area (Å²) in [7, 11) is -1.24. The van der Waals surface area contributed by atoms with Gasteiger partial charge in [-0.15, -0.1) is 16.8 Å². The van der Waals surface area contributed by atoms with Crippen LogP contribution in [0.5, 0.6) is 0 Å². The lowest BCUT2D eigenvalue weighted by atomic mass is 10.0. The van der Waals surface area contributed by atoms with Gasteiger partial charge in [0, 0.05) is 31.8 Å². The van der Waals surface area contributed by atoms with Crippen molar-refractivity contribution in [3.05, 3.63) is 35.4 Å².